The Labute approximate surface area is 146 Å². The number of hydrogen-bond acceptors (Lipinski definition) is 4. The normalized spacial score (nSPS) is 33.0. The third-order valence-corrected chi connectivity index (χ3v) is 5.33. The molecule has 0 aromatic rings. The number of guanidine groups is 1. The molecule has 24 heavy (non-hydrogen) atoms. The van der Waals surface area contributed by atoms with Crippen LogP contribution in [0.3, 0.4) is 0 Å². The first kappa shape index (κ1) is 18.0. The second-order valence-corrected chi connectivity index (χ2v) is 7.37. The van der Waals surface area contributed by atoms with E-state index >= 15 is 0 Å². The lowest BCUT2D eigenvalue weighted by atomic mass is 9.99. The highest BCUT2D eigenvalue weighted by molar-refractivity contribution is 5.80. The molecule has 6 heteroatoms. The highest BCUT2D eigenvalue weighted by atomic mass is 16.5. The van der Waals surface area contributed by atoms with Gasteiger partial charge in [0.2, 0.25) is 0 Å². The molecule has 3 unspecified atom stereocenters. The molecule has 3 rings (SSSR count). The number of rotatable bonds is 4. The van der Waals surface area contributed by atoms with Gasteiger partial charge in [0.25, 0.3) is 0 Å². The van der Waals surface area contributed by atoms with Crippen LogP contribution < -0.4 is 5.32 Å². The fourth-order valence-corrected chi connectivity index (χ4v) is 4.05. The number of ether oxygens (including phenoxy) is 2. The van der Waals surface area contributed by atoms with E-state index in [0.29, 0.717) is 5.92 Å². The molecule has 3 saturated heterocycles. The zero-order valence-corrected chi connectivity index (χ0v) is 15.4. The Kier molecular flexibility index (Phi) is 6.75. The van der Waals surface area contributed by atoms with Gasteiger partial charge < -0.3 is 24.6 Å². The minimum absolute atomic E-state index is 0.186. The summed E-state index contributed by atoms with van der Waals surface area (Å²) in [6.07, 6.45) is 5.34. The van der Waals surface area contributed by atoms with Crippen molar-refractivity contribution < 1.29 is 9.47 Å². The Morgan fingerprint density at radius 1 is 1.08 bits per heavy atom. The topological polar surface area (TPSA) is 49.3 Å². The fraction of sp³-hybridized carbons (Fsp3) is 0.944. The molecule has 0 bridgehead atoms. The molecule has 0 aromatic carbocycles. The van der Waals surface area contributed by atoms with Crippen molar-refractivity contribution in [1.29, 1.82) is 0 Å². The van der Waals surface area contributed by atoms with E-state index in [1.54, 1.807) is 0 Å². The van der Waals surface area contributed by atoms with Crippen molar-refractivity contribution in [3.63, 3.8) is 0 Å². The molecule has 0 aromatic heterocycles. The number of hydrogen-bond donors (Lipinski definition) is 1. The smallest absolute Gasteiger partial charge is 0.194 e. The molecular formula is C18H34N4O2. The molecule has 1 N–H and O–H groups in total. The van der Waals surface area contributed by atoms with E-state index < -0.39 is 0 Å². The Balaban J connectivity index is 1.57. The summed E-state index contributed by atoms with van der Waals surface area (Å²) in [5.74, 6) is 1.74. The van der Waals surface area contributed by atoms with E-state index in [0.717, 1.165) is 58.2 Å². The first-order valence-corrected chi connectivity index (χ1v) is 9.71. The summed E-state index contributed by atoms with van der Waals surface area (Å²) in [6, 6.07) is 0. The van der Waals surface area contributed by atoms with Crippen LogP contribution in [0.4, 0.5) is 0 Å². The minimum atomic E-state index is 0.186. The molecule has 3 aliphatic rings. The number of aliphatic imine (C=N–C) groups is 1. The van der Waals surface area contributed by atoms with Gasteiger partial charge in [0, 0.05) is 39.3 Å². The second-order valence-electron chi connectivity index (χ2n) is 7.37. The molecule has 3 heterocycles. The Bertz CT molecular complexity index is 412. The van der Waals surface area contributed by atoms with E-state index in [1.165, 1.54) is 25.9 Å². The van der Waals surface area contributed by atoms with Gasteiger partial charge in [0.1, 0.15) is 6.10 Å². The van der Waals surface area contributed by atoms with Gasteiger partial charge in [0.15, 0.2) is 5.96 Å². The van der Waals surface area contributed by atoms with Crippen LogP contribution >= 0.6 is 0 Å². The number of likely N-dealkylation sites (tertiary alicyclic amines) is 1. The quantitative estimate of drug-likeness (QED) is 0.616. The molecule has 3 fully saturated rings. The van der Waals surface area contributed by atoms with Crippen molar-refractivity contribution >= 4 is 5.96 Å². The molecule has 0 aliphatic carbocycles. The summed E-state index contributed by atoms with van der Waals surface area (Å²) in [4.78, 5) is 9.76. The van der Waals surface area contributed by atoms with Gasteiger partial charge in [0.05, 0.1) is 12.7 Å². The van der Waals surface area contributed by atoms with E-state index in [4.69, 9.17) is 14.5 Å². The molecule has 3 atom stereocenters. The standard InChI is InChI=1S/C18H34N4O2/c1-3-19-18(20-12-15-6-4-8-21(2)13-15)22-9-11-24-17(14-22)16-7-5-10-23-16/h15-17H,3-14H2,1-2H3,(H,19,20). The van der Waals surface area contributed by atoms with Crippen LogP contribution in [-0.4, -0.2) is 87.5 Å². The number of nitrogens with one attached hydrogen (secondary N) is 1. The minimum Gasteiger partial charge on any atom is -0.375 e. The largest absolute Gasteiger partial charge is 0.375 e. The zero-order chi connectivity index (χ0) is 16.8. The lowest BCUT2D eigenvalue weighted by molar-refractivity contribution is -0.0817. The fourth-order valence-electron chi connectivity index (χ4n) is 4.05. The van der Waals surface area contributed by atoms with Crippen LogP contribution in [0.2, 0.25) is 0 Å². The lowest BCUT2D eigenvalue weighted by Gasteiger charge is -2.37. The van der Waals surface area contributed by atoms with Gasteiger partial charge in [-0.3, -0.25) is 4.99 Å². The van der Waals surface area contributed by atoms with Crippen molar-refractivity contribution in [3.8, 4) is 0 Å². The van der Waals surface area contributed by atoms with E-state index in [1.807, 2.05) is 0 Å². The third kappa shape index (κ3) is 4.83. The van der Waals surface area contributed by atoms with Gasteiger partial charge >= 0.3 is 0 Å². The van der Waals surface area contributed by atoms with Crippen molar-refractivity contribution in [1.82, 2.24) is 15.1 Å². The SMILES string of the molecule is CCNC(=NCC1CCCN(C)C1)N1CCOC(C2CCCO2)C1. The van der Waals surface area contributed by atoms with E-state index in [2.05, 4.69) is 29.1 Å². The predicted octanol–water partition coefficient (Wildman–Crippen LogP) is 1.17. The molecule has 6 nitrogen and oxygen atoms in total. The summed E-state index contributed by atoms with van der Waals surface area (Å²) in [5.41, 5.74) is 0. The molecule has 0 amide bonds. The molecule has 3 aliphatic heterocycles. The van der Waals surface area contributed by atoms with E-state index in [-0.39, 0.29) is 12.2 Å². The van der Waals surface area contributed by atoms with Gasteiger partial charge in [-0.1, -0.05) is 0 Å². The van der Waals surface area contributed by atoms with Gasteiger partial charge in [-0.25, -0.2) is 0 Å². The zero-order valence-electron chi connectivity index (χ0n) is 15.4. The molecule has 0 radical (unpaired) electrons. The summed E-state index contributed by atoms with van der Waals surface area (Å²) < 4.78 is 11.8. The Morgan fingerprint density at radius 3 is 2.71 bits per heavy atom. The van der Waals surface area contributed by atoms with Crippen molar-refractivity contribution in [2.45, 2.75) is 44.8 Å². The maximum absolute atomic E-state index is 5.97. The number of morpholine rings is 1. The monoisotopic (exact) mass is 338 g/mol. The Morgan fingerprint density at radius 2 is 1.96 bits per heavy atom. The highest BCUT2D eigenvalue weighted by Crippen LogP contribution is 2.21. The highest BCUT2D eigenvalue weighted by Gasteiger charge is 2.32. The first-order valence-electron chi connectivity index (χ1n) is 9.71. The third-order valence-electron chi connectivity index (χ3n) is 5.33. The predicted molar refractivity (Wildman–Crippen MR) is 96.5 cm³/mol. The number of nitrogens with zero attached hydrogens (tertiary/aromatic N) is 3. The summed E-state index contributed by atoms with van der Waals surface area (Å²) in [6.45, 7) is 9.83. The summed E-state index contributed by atoms with van der Waals surface area (Å²) in [5, 5.41) is 3.48. The molecule has 0 spiro atoms. The molecular weight excluding hydrogens is 304 g/mol. The average molecular weight is 338 g/mol. The average Bonchev–Trinajstić information content (AvgIpc) is 3.13. The van der Waals surface area contributed by atoms with Crippen LogP contribution in [0.5, 0.6) is 0 Å². The summed E-state index contributed by atoms with van der Waals surface area (Å²) >= 11 is 0. The van der Waals surface area contributed by atoms with Crippen LogP contribution in [0.15, 0.2) is 4.99 Å². The van der Waals surface area contributed by atoms with Crippen LogP contribution in [0, 0.1) is 5.92 Å². The van der Waals surface area contributed by atoms with Crippen molar-refractivity contribution in [2.24, 2.45) is 10.9 Å². The van der Waals surface area contributed by atoms with Crippen LogP contribution in [-0.2, 0) is 9.47 Å². The van der Waals surface area contributed by atoms with E-state index in [9.17, 15) is 0 Å². The Hall–Kier alpha value is -0.850. The molecule has 0 saturated carbocycles. The van der Waals surface area contributed by atoms with Crippen LogP contribution in [0.1, 0.15) is 32.6 Å². The molecule has 138 valence electrons. The lowest BCUT2D eigenvalue weighted by Crippen LogP contribution is -2.53. The van der Waals surface area contributed by atoms with Gasteiger partial charge in [-0.15, -0.1) is 0 Å². The maximum atomic E-state index is 5.97. The summed E-state index contributed by atoms with van der Waals surface area (Å²) in [7, 11) is 2.22. The van der Waals surface area contributed by atoms with Gasteiger partial charge in [-0.2, -0.15) is 0 Å². The van der Waals surface area contributed by atoms with Crippen molar-refractivity contribution in [3.05, 3.63) is 0 Å². The maximum Gasteiger partial charge on any atom is 0.194 e. The number of piperidine rings is 1. The van der Waals surface area contributed by atoms with Gasteiger partial charge in [-0.05, 0) is 52.1 Å². The van der Waals surface area contributed by atoms with Crippen LogP contribution in [0.25, 0.3) is 0 Å². The van der Waals surface area contributed by atoms with Crippen molar-refractivity contribution in [2.75, 3.05) is 59.5 Å². The second kappa shape index (κ2) is 9.02. The first-order chi connectivity index (χ1) is 11.8.